The van der Waals surface area contributed by atoms with E-state index in [1.54, 1.807) is 5.57 Å². The topological polar surface area (TPSA) is 17.8 Å². The first kappa shape index (κ1) is 9.97. The number of rotatable bonds is 3. The van der Waals surface area contributed by atoms with Gasteiger partial charge in [0.1, 0.15) is 0 Å². The normalized spacial score (nSPS) is 16.8. The van der Waals surface area contributed by atoms with E-state index in [0.29, 0.717) is 0 Å². The zero-order chi connectivity index (χ0) is 9.80. The van der Waals surface area contributed by atoms with Crippen molar-refractivity contribution in [3.63, 3.8) is 0 Å². The van der Waals surface area contributed by atoms with Gasteiger partial charge >= 0.3 is 0 Å². The molecule has 0 N–H and O–H groups in total. The van der Waals surface area contributed by atoms with Gasteiger partial charge in [0, 0.05) is 12.7 Å². The van der Waals surface area contributed by atoms with Crippen LogP contribution in [0.15, 0.2) is 28.5 Å². The lowest BCUT2D eigenvalue weighted by Crippen LogP contribution is -2.01. The number of aryl methyl sites for hydroxylation is 1. The second-order valence-corrected chi connectivity index (χ2v) is 4.70. The second kappa shape index (κ2) is 4.78. The maximum absolute atomic E-state index is 4.24. The van der Waals surface area contributed by atoms with Crippen molar-refractivity contribution in [2.75, 3.05) is 0 Å². The number of allylic oxidation sites excluding steroid dienone is 2. The summed E-state index contributed by atoms with van der Waals surface area (Å²) in [4.78, 5) is 0. The third-order valence-electron chi connectivity index (χ3n) is 2.65. The van der Waals surface area contributed by atoms with Crippen LogP contribution in [0, 0.1) is 0 Å². The minimum atomic E-state index is 1.01. The Morgan fingerprint density at radius 2 is 2.36 bits per heavy atom. The summed E-state index contributed by atoms with van der Waals surface area (Å²) in [5.41, 5.74) is 1.61. The fraction of sp³-hybridized carbons (Fsp3) is 0.545. The second-order valence-electron chi connectivity index (χ2n) is 3.78. The summed E-state index contributed by atoms with van der Waals surface area (Å²) in [6.45, 7) is 1.01. The highest BCUT2D eigenvalue weighted by Crippen LogP contribution is 2.20. The van der Waals surface area contributed by atoms with Gasteiger partial charge in [0.25, 0.3) is 0 Å². The van der Waals surface area contributed by atoms with E-state index in [1.807, 2.05) is 17.1 Å². The summed E-state index contributed by atoms with van der Waals surface area (Å²) in [6, 6.07) is 0. The highest BCUT2D eigenvalue weighted by atomic mass is 79.9. The lowest BCUT2D eigenvalue weighted by molar-refractivity contribution is 0.582. The van der Waals surface area contributed by atoms with Crippen LogP contribution in [0.4, 0.5) is 0 Å². The van der Waals surface area contributed by atoms with E-state index >= 15 is 0 Å². The quantitative estimate of drug-likeness (QED) is 0.755. The third-order valence-corrected chi connectivity index (χ3v) is 3.06. The number of hydrogen-bond donors (Lipinski definition) is 0. The molecule has 0 radical (unpaired) electrons. The molecule has 0 aliphatic heterocycles. The van der Waals surface area contributed by atoms with Crippen molar-refractivity contribution >= 4 is 15.9 Å². The number of hydrogen-bond acceptors (Lipinski definition) is 1. The van der Waals surface area contributed by atoms with Gasteiger partial charge in [-0.25, -0.2) is 0 Å². The molecular formula is C11H15BrN2. The van der Waals surface area contributed by atoms with E-state index < -0.39 is 0 Å². The molecule has 1 aliphatic carbocycles. The van der Waals surface area contributed by atoms with Crippen molar-refractivity contribution < 1.29 is 0 Å². The standard InChI is InChI=1S/C11H15BrN2/c12-11-8-13-14(9-11)7-6-10-4-2-1-3-5-10/h4,8-9H,1-3,5-7H2. The van der Waals surface area contributed by atoms with Gasteiger partial charge in [0.05, 0.1) is 10.7 Å². The van der Waals surface area contributed by atoms with Crippen LogP contribution in [0.2, 0.25) is 0 Å². The van der Waals surface area contributed by atoms with Gasteiger partial charge < -0.3 is 0 Å². The van der Waals surface area contributed by atoms with Gasteiger partial charge in [-0.15, -0.1) is 0 Å². The zero-order valence-corrected chi connectivity index (χ0v) is 9.83. The molecule has 2 nitrogen and oxygen atoms in total. The van der Waals surface area contributed by atoms with Crippen LogP contribution in [-0.2, 0) is 6.54 Å². The maximum Gasteiger partial charge on any atom is 0.0632 e. The van der Waals surface area contributed by atoms with Crippen LogP contribution < -0.4 is 0 Å². The van der Waals surface area contributed by atoms with Gasteiger partial charge in [0.15, 0.2) is 0 Å². The summed E-state index contributed by atoms with van der Waals surface area (Å²) < 4.78 is 3.06. The summed E-state index contributed by atoms with van der Waals surface area (Å²) in [5, 5.41) is 4.24. The fourth-order valence-electron chi connectivity index (χ4n) is 1.85. The Labute approximate surface area is 93.1 Å². The molecule has 0 saturated heterocycles. The van der Waals surface area contributed by atoms with Gasteiger partial charge in [-0.1, -0.05) is 11.6 Å². The third kappa shape index (κ3) is 2.71. The first-order valence-electron chi connectivity index (χ1n) is 5.20. The lowest BCUT2D eigenvalue weighted by atomic mass is 9.97. The smallest absolute Gasteiger partial charge is 0.0632 e. The number of aromatic nitrogens is 2. The van der Waals surface area contributed by atoms with Crippen LogP contribution in [-0.4, -0.2) is 9.78 Å². The Bertz CT molecular complexity index is 328. The van der Waals surface area contributed by atoms with E-state index in [9.17, 15) is 0 Å². The average molecular weight is 255 g/mol. The molecule has 0 atom stereocenters. The molecule has 0 amide bonds. The van der Waals surface area contributed by atoms with Crippen molar-refractivity contribution in [1.29, 1.82) is 0 Å². The van der Waals surface area contributed by atoms with E-state index in [4.69, 9.17) is 0 Å². The molecule has 0 aromatic carbocycles. The molecule has 76 valence electrons. The van der Waals surface area contributed by atoms with Crippen LogP contribution in [0.5, 0.6) is 0 Å². The Hall–Kier alpha value is -0.570. The SMILES string of the molecule is Brc1cnn(CCC2=CCCCC2)c1. The first-order chi connectivity index (χ1) is 6.84. The van der Waals surface area contributed by atoms with Gasteiger partial charge in [-0.3, -0.25) is 4.68 Å². The van der Waals surface area contributed by atoms with Crippen LogP contribution >= 0.6 is 15.9 Å². The molecule has 0 saturated carbocycles. The fourth-order valence-corrected chi connectivity index (χ4v) is 2.18. The highest BCUT2D eigenvalue weighted by molar-refractivity contribution is 9.10. The molecule has 0 fully saturated rings. The summed E-state index contributed by atoms with van der Waals surface area (Å²) in [7, 11) is 0. The minimum Gasteiger partial charge on any atom is -0.271 e. The monoisotopic (exact) mass is 254 g/mol. The molecule has 1 heterocycles. The van der Waals surface area contributed by atoms with E-state index in [-0.39, 0.29) is 0 Å². The van der Waals surface area contributed by atoms with Crippen molar-refractivity contribution in [1.82, 2.24) is 9.78 Å². The molecule has 1 aromatic heterocycles. The average Bonchev–Trinajstić information content (AvgIpc) is 2.63. The van der Waals surface area contributed by atoms with E-state index in [1.165, 1.54) is 25.7 Å². The van der Waals surface area contributed by atoms with E-state index in [2.05, 4.69) is 27.1 Å². The number of halogens is 1. The molecule has 1 aliphatic rings. The molecule has 0 bridgehead atoms. The summed E-state index contributed by atoms with van der Waals surface area (Å²) in [5.74, 6) is 0. The predicted molar refractivity (Wildman–Crippen MR) is 61.1 cm³/mol. The Kier molecular flexibility index (Phi) is 3.40. The molecular weight excluding hydrogens is 240 g/mol. The Morgan fingerprint density at radius 3 is 3.00 bits per heavy atom. The predicted octanol–water partition coefficient (Wildman–Crippen LogP) is 3.54. The number of nitrogens with zero attached hydrogens (tertiary/aromatic N) is 2. The lowest BCUT2D eigenvalue weighted by Gasteiger charge is -2.12. The first-order valence-corrected chi connectivity index (χ1v) is 6.00. The van der Waals surface area contributed by atoms with Crippen LogP contribution in [0.1, 0.15) is 32.1 Å². The maximum atomic E-state index is 4.24. The molecule has 3 heteroatoms. The van der Waals surface area contributed by atoms with Crippen molar-refractivity contribution in [2.45, 2.75) is 38.6 Å². The van der Waals surface area contributed by atoms with Crippen molar-refractivity contribution in [3.05, 3.63) is 28.5 Å². The highest BCUT2D eigenvalue weighted by Gasteiger charge is 2.03. The summed E-state index contributed by atoms with van der Waals surface area (Å²) >= 11 is 3.40. The molecule has 0 unspecified atom stereocenters. The molecule has 14 heavy (non-hydrogen) atoms. The van der Waals surface area contributed by atoms with Gasteiger partial charge in [-0.2, -0.15) is 5.10 Å². The van der Waals surface area contributed by atoms with Crippen molar-refractivity contribution in [3.8, 4) is 0 Å². The zero-order valence-electron chi connectivity index (χ0n) is 8.25. The van der Waals surface area contributed by atoms with Gasteiger partial charge in [-0.05, 0) is 48.0 Å². The van der Waals surface area contributed by atoms with E-state index in [0.717, 1.165) is 17.4 Å². The molecule has 2 rings (SSSR count). The van der Waals surface area contributed by atoms with Crippen molar-refractivity contribution in [2.24, 2.45) is 0 Å². The van der Waals surface area contributed by atoms with Crippen LogP contribution in [0.25, 0.3) is 0 Å². The molecule has 0 spiro atoms. The van der Waals surface area contributed by atoms with Gasteiger partial charge in [0.2, 0.25) is 0 Å². The minimum absolute atomic E-state index is 1.01. The Balaban J connectivity index is 1.84. The largest absolute Gasteiger partial charge is 0.271 e. The Morgan fingerprint density at radius 1 is 1.43 bits per heavy atom. The van der Waals surface area contributed by atoms with Crippen LogP contribution in [0.3, 0.4) is 0 Å². The molecule has 1 aromatic rings. The summed E-state index contributed by atoms with van der Waals surface area (Å²) in [6.07, 6.45) is 12.8.